The van der Waals surface area contributed by atoms with E-state index in [0.717, 1.165) is 24.4 Å². The van der Waals surface area contributed by atoms with Gasteiger partial charge in [0.2, 0.25) is 0 Å². The van der Waals surface area contributed by atoms with Crippen molar-refractivity contribution in [3.63, 3.8) is 0 Å². The fourth-order valence-corrected chi connectivity index (χ4v) is 1.89. The van der Waals surface area contributed by atoms with Crippen molar-refractivity contribution in [1.82, 2.24) is 10.7 Å². The Morgan fingerprint density at radius 2 is 2.04 bits per heavy atom. The summed E-state index contributed by atoms with van der Waals surface area (Å²) in [5.74, 6) is -2.37. The van der Waals surface area contributed by atoms with Crippen LogP contribution in [0.4, 0.5) is 10.1 Å². The number of carbonyl (C=O) groups is 2. The Morgan fingerprint density at radius 3 is 2.69 bits per heavy atom. The van der Waals surface area contributed by atoms with E-state index in [0.29, 0.717) is 5.56 Å². The number of nitrogens with zero attached hydrogens (tertiary/aromatic N) is 2. The number of carbonyl (C=O) groups excluding carboxylic acids is 2. The normalized spacial score (nSPS) is 10.5. The molecular formula is C16H13FN4O5. The zero-order chi connectivity index (χ0) is 19.1. The Morgan fingerprint density at radius 1 is 1.27 bits per heavy atom. The van der Waals surface area contributed by atoms with Crippen LogP contribution in [0.15, 0.2) is 47.6 Å². The number of nitro benzene ring substituents is 1. The number of amides is 2. The van der Waals surface area contributed by atoms with Gasteiger partial charge in [-0.05, 0) is 35.9 Å². The number of hydrazone groups is 1. The predicted octanol–water partition coefficient (Wildman–Crippen LogP) is 1.32. The average molecular weight is 360 g/mol. The molecule has 0 spiro atoms. The molecule has 0 saturated carbocycles. The minimum atomic E-state index is -0.737. The second kappa shape index (κ2) is 8.33. The molecule has 10 heteroatoms. The monoisotopic (exact) mass is 360 g/mol. The van der Waals surface area contributed by atoms with Crippen molar-refractivity contribution in [3.05, 3.63) is 69.5 Å². The molecule has 0 aliphatic rings. The first-order chi connectivity index (χ1) is 12.4. The zero-order valence-electron chi connectivity index (χ0n) is 13.2. The molecule has 134 valence electrons. The SMILES string of the molecule is O=C(CNC(=O)c1cccc(F)c1)N/N=C/c1ccc([N+](=O)[O-])c(O)c1. The first kappa shape index (κ1) is 18.5. The maximum Gasteiger partial charge on any atom is 0.310 e. The van der Waals surface area contributed by atoms with Gasteiger partial charge in [-0.3, -0.25) is 19.7 Å². The standard InChI is InChI=1S/C16H13FN4O5/c17-12-3-1-2-11(7-12)16(24)18-9-15(23)20-19-8-10-4-5-13(21(25)26)14(22)6-10/h1-8,22H,9H2,(H,18,24)(H,20,23)/b19-8+. The van der Waals surface area contributed by atoms with Crippen LogP contribution in [0.25, 0.3) is 0 Å². The Labute approximate surface area is 146 Å². The first-order valence-electron chi connectivity index (χ1n) is 7.20. The number of rotatable bonds is 6. The fraction of sp³-hybridized carbons (Fsp3) is 0.0625. The van der Waals surface area contributed by atoms with Crippen molar-refractivity contribution in [3.8, 4) is 5.75 Å². The largest absolute Gasteiger partial charge is 0.502 e. The van der Waals surface area contributed by atoms with Crippen molar-refractivity contribution < 1.29 is 24.0 Å². The van der Waals surface area contributed by atoms with E-state index in [1.807, 2.05) is 0 Å². The molecule has 0 aliphatic heterocycles. The number of nitrogens with one attached hydrogen (secondary N) is 2. The number of hydrogen-bond acceptors (Lipinski definition) is 6. The minimum absolute atomic E-state index is 0.0719. The second-order valence-corrected chi connectivity index (χ2v) is 4.99. The van der Waals surface area contributed by atoms with Crippen molar-refractivity contribution in [2.45, 2.75) is 0 Å². The molecule has 9 nitrogen and oxygen atoms in total. The molecule has 2 aromatic rings. The topological polar surface area (TPSA) is 134 Å². The zero-order valence-corrected chi connectivity index (χ0v) is 13.2. The third kappa shape index (κ3) is 5.09. The van der Waals surface area contributed by atoms with Crippen LogP contribution in [0.3, 0.4) is 0 Å². The van der Waals surface area contributed by atoms with Crippen LogP contribution in [-0.2, 0) is 4.79 Å². The molecule has 0 atom stereocenters. The third-order valence-electron chi connectivity index (χ3n) is 3.10. The lowest BCUT2D eigenvalue weighted by Crippen LogP contribution is -2.34. The van der Waals surface area contributed by atoms with Crippen molar-refractivity contribution in [2.75, 3.05) is 6.54 Å². The highest BCUT2D eigenvalue weighted by Gasteiger charge is 2.12. The number of benzene rings is 2. The van der Waals surface area contributed by atoms with Gasteiger partial charge in [-0.2, -0.15) is 5.10 Å². The minimum Gasteiger partial charge on any atom is -0.502 e. The van der Waals surface area contributed by atoms with Gasteiger partial charge in [0.1, 0.15) is 5.82 Å². The van der Waals surface area contributed by atoms with E-state index in [1.54, 1.807) is 0 Å². The van der Waals surface area contributed by atoms with Crippen LogP contribution in [0.5, 0.6) is 5.75 Å². The highest BCUT2D eigenvalue weighted by molar-refractivity contribution is 5.96. The molecule has 0 bridgehead atoms. The molecule has 0 heterocycles. The van der Waals surface area contributed by atoms with Crippen LogP contribution in [0.1, 0.15) is 15.9 Å². The quantitative estimate of drug-likeness (QED) is 0.406. The molecule has 0 fully saturated rings. The molecule has 3 N–H and O–H groups in total. The number of hydrogen-bond donors (Lipinski definition) is 3. The van der Waals surface area contributed by atoms with Gasteiger partial charge in [-0.1, -0.05) is 6.07 Å². The van der Waals surface area contributed by atoms with Crippen LogP contribution in [0, 0.1) is 15.9 Å². The lowest BCUT2D eigenvalue weighted by atomic mass is 10.2. The maximum atomic E-state index is 13.0. The molecule has 0 aliphatic carbocycles. The third-order valence-corrected chi connectivity index (χ3v) is 3.10. The number of phenolic OH excluding ortho intramolecular Hbond substituents is 1. The van der Waals surface area contributed by atoms with E-state index in [1.165, 1.54) is 24.3 Å². The maximum absolute atomic E-state index is 13.0. The number of aromatic hydroxyl groups is 1. The number of halogens is 1. The van der Waals surface area contributed by atoms with Crippen LogP contribution in [-0.4, -0.2) is 34.6 Å². The Hall–Kier alpha value is -3.82. The fourth-order valence-electron chi connectivity index (χ4n) is 1.89. The summed E-state index contributed by atoms with van der Waals surface area (Å²) in [5, 5.41) is 26.0. The van der Waals surface area contributed by atoms with E-state index in [2.05, 4.69) is 15.8 Å². The van der Waals surface area contributed by atoms with E-state index in [9.17, 15) is 29.2 Å². The Balaban J connectivity index is 1.85. The van der Waals surface area contributed by atoms with Crippen LogP contribution in [0.2, 0.25) is 0 Å². The van der Waals surface area contributed by atoms with Crippen molar-refractivity contribution >= 4 is 23.7 Å². The summed E-state index contributed by atoms with van der Waals surface area (Å²) in [4.78, 5) is 33.2. The highest BCUT2D eigenvalue weighted by atomic mass is 19.1. The smallest absolute Gasteiger partial charge is 0.310 e. The van der Waals surface area contributed by atoms with Gasteiger partial charge in [0.15, 0.2) is 5.75 Å². The molecule has 2 rings (SSSR count). The Bertz CT molecular complexity index is 885. The summed E-state index contributed by atoms with van der Waals surface area (Å²) in [5.41, 5.74) is 2.07. The molecule has 0 aromatic heterocycles. The summed E-state index contributed by atoms with van der Waals surface area (Å²) in [7, 11) is 0. The average Bonchev–Trinajstić information content (AvgIpc) is 2.59. The van der Waals surface area contributed by atoms with Gasteiger partial charge >= 0.3 is 5.69 Å². The molecule has 2 aromatic carbocycles. The molecule has 0 saturated heterocycles. The van der Waals surface area contributed by atoms with Gasteiger partial charge in [0, 0.05) is 11.6 Å². The summed E-state index contributed by atoms with van der Waals surface area (Å²) in [6.07, 6.45) is 1.16. The van der Waals surface area contributed by atoms with Crippen LogP contribution < -0.4 is 10.7 Å². The summed E-state index contributed by atoms with van der Waals surface area (Å²) >= 11 is 0. The molecule has 0 unspecified atom stereocenters. The van der Waals surface area contributed by atoms with Crippen molar-refractivity contribution in [1.29, 1.82) is 0 Å². The van der Waals surface area contributed by atoms with E-state index in [-0.39, 0.29) is 5.56 Å². The van der Waals surface area contributed by atoms with Gasteiger partial charge in [0.05, 0.1) is 17.7 Å². The summed E-state index contributed by atoms with van der Waals surface area (Å²) in [6, 6.07) is 8.53. The number of nitro groups is 1. The number of phenols is 1. The van der Waals surface area contributed by atoms with Gasteiger partial charge in [-0.15, -0.1) is 0 Å². The molecule has 0 radical (unpaired) electrons. The molecular weight excluding hydrogens is 347 g/mol. The lowest BCUT2D eigenvalue weighted by molar-refractivity contribution is -0.385. The van der Waals surface area contributed by atoms with Crippen LogP contribution >= 0.6 is 0 Å². The van der Waals surface area contributed by atoms with Gasteiger partial charge in [0.25, 0.3) is 11.8 Å². The van der Waals surface area contributed by atoms with E-state index >= 15 is 0 Å². The highest BCUT2D eigenvalue weighted by Crippen LogP contribution is 2.25. The predicted molar refractivity (Wildman–Crippen MR) is 89.2 cm³/mol. The molecule has 26 heavy (non-hydrogen) atoms. The lowest BCUT2D eigenvalue weighted by Gasteiger charge is -2.04. The second-order valence-electron chi connectivity index (χ2n) is 4.99. The van der Waals surface area contributed by atoms with E-state index in [4.69, 9.17) is 0 Å². The Kier molecular flexibility index (Phi) is 5.93. The summed E-state index contributed by atoms with van der Waals surface area (Å²) < 4.78 is 13.0. The molecule has 2 amide bonds. The van der Waals surface area contributed by atoms with Crippen molar-refractivity contribution in [2.24, 2.45) is 5.10 Å². The van der Waals surface area contributed by atoms with Gasteiger partial charge < -0.3 is 10.4 Å². The summed E-state index contributed by atoms with van der Waals surface area (Å²) in [6.45, 7) is -0.391. The van der Waals surface area contributed by atoms with Gasteiger partial charge in [-0.25, -0.2) is 9.82 Å². The van der Waals surface area contributed by atoms with E-state index < -0.39 is 40.5 Å². The first-order valence-corrected chi connectivity index (χ1v) is 7.20.